The molecule has 0 spiro atoms. The monoisotopic (exact) mass is 444 g/mol. The fourth-order valence-corrected chi connectivity index (χ4v) is 5.33. The molecule has 1 atom stereocenters. The third-order valence-corrected chi connectivity index (χ3v) is 7.75. The SMILES string of the molecule is C[C@H](NS(=O)(=O)CCN(C)S(=O)(=O)c1ccc(F)cc1)c1ccc2c(c1)OCO2. The maximum atomic E-state index is 13.0. The zero-order valence-electron chi connectivity index (χ0n) is 15.8. The van der Waals surface area contributed by atoms with E-state index in [4.69, 9.17) is 9.47 Å². The smallest absolute Gasteiger partial charge is 0.242 e. The number of hydrogen-bond acceptors (Lipinski definition) is 6. The summed E-state index contributed by atoms with van der Waals surface area (Å²) in [6.07, 6.45) is 0. The summed E-state index contributed by atoms with van der Waals surface area (Å²) in [5.74, 6) is 0.143. The first-order valence-electron chi connectivity index (χ1n) is 8.70. The Balaban J connectivity index is 1.62. The van der Waals surface area contributed by atoms with Crippen molar-refractivity contribution in [2.75, 3.05) is 26.1 Å². The van der Waals surface area contributed by atoms with E-state index in [0.29, 0.717) is 17.1 Å². The van der Waals surface area contributed by atoms with Gasteiger partial charge in [0.15, 0.2) is 11.5 Å². The average Bonchev–Trinajstić information content (AvgIpc) is 3.14. The van der Waals surface area contributed by atoms with Gasteiger partial charge in [-0.05, 0) is 48.9 Å². The van der Waals surface area contributed by atoms with Crippen LogP contribution in [0.4, 0.5) is 4.39 Å². The van der Waals surface area contributed by atoms with E-state index < -0.39 is 37.7 Å². The highest BCUT2D eigenvalue weighted by atomic mass is 32.2. The highest BCUT2D eigenvalue weighted by Crippen LogP contribution is 2.34. The van der Waals surface area contributed by atoms with Gasteiger partial charge < -0.3 is 9.47 Å². The van der Waals surface area contributed by atoms with E-state index in [0.717, 1.165) is 28.6 Å². The number of ether oxygens (including phenoxy) is 2. The van der Waals surface area contributed by atoms with Crippen LogP contribution in [0.3, 0.4) is 0 Å². The molecule has 0 saturated carbocycles. The zero-order valence-corrected chi connectivity index (χ0v) is 17.5. The Morgan fingerprint density at radius 2 is 1.72 bits per heavy atom. The molecule has 0 amide bonds. The van der Waals surface area contributed by atoms with E-state index in [1.54, 1.807) is 25.1 Å². The van der Waals surface area contributed by atoms with Crippen LogP contribution in [0.2, 0.25) is 0 Å². The van der Waals surface area contributed by atoms with Gasteiger partial charge in [0.05, 0.1) is 10.6 Å². The van der Waals surface area contributed by atoms with Gasteiger partial charge >= 0.3 is 0 Å². The normalized spacial score (nSPS) is 14.9. The van der Waals surface area contributed by atoms with Crippen molar-refractivity contribution in [3.05, 3.63) is 53.8 Å². The summed E-state index contributed by atoms with van der Waals surface area (Å²) in [5.41, 5.74) is 0.685. The number of benzene rings is 2. The number of halogens is 1. The summed E-state index contributed by atoms with van der Waals surface area (Å²) in [6, 6.07) is 8.91. The van der Waals surface area contributed by atoms with Crippen molar-refractivity contribution >= 4 is 20.0 Å². The Bertz CT molecular complexity index is 1090. The lowest BCUT2D eigenvalue weighted by Crippen LogP contribution is -2.36. The lowest BCUT2D eigenvalue weighted by Gasteiger charge is -2.19. The summed E-state index contributed by atoms with van der Waals surface area (Å²) < 4.78 is 76.8. The summed E-state index contributed by atoms with van der Waals surface area (Å²) in [6.45, 7) is 1.53. The molecule has 2 aromatic carbocycles. The molecule has 29 heavy (non-hydrogen) atoms. The van der Waals surface area contributed by atoms with Crippen LogP contribution in [0.15, 0.2) is 47.4 Å². The van der Waals surface area contributed by atoms with Crippen molar-refractivity contribution in [3.8, 4) is 11.5 Å². The van der Waals surface area contributed by atoms with Gasteiger partial charge in [0.1, 0.15) is 5.82 Å². The molecule has 8 nitrogen and oxygen atoms in total. The molecule has 1 aliphatic rings. The lowest BCUT2D eigenvalue weighted by atomic mass is 10.1. The predicted molar refractivity (Wildman–Crippen MR) is 104 cm³/mol. The van der Waals surface area contributed by atoms with Crippen LogP contribution >= 0.6 is 0 Å². The van der Waals surface area contributed by atoms with E-state index in [1.807, 2.05) is 0 Å². The molecule has 1 heterocycles. The van der Waals surface area contributed by atoms with Crippen LogP contribution in [-0.2, 0) is 20.0 Å². The molecule has 0 saturated heterocycles. The van der Waals surface area contributed by atoms with Crippen LogP contribution < -0.4 is 14.2 Å². The van der Waals surface area contributed by atoms with Gasteiger partial charge in [-0.25, -0.2) is 25.9 Å². The van der Waals surface area contributed by atoms with E-state index in [1.165, 1.54) is 7.05 Å². The molecule has 0 aromatic heterocycles. The maximum Gasteiger partial charge on any atom is 0.242 e. The summed E-state index contributed by atoms with van der Waals surface area (Å²) in [4.78, 5) is -0.111. The van der Waals surface area contributed by atoms with Crippen molar-refractivity contribution < 1.29 is 30.7 Å². The second kappa shape index (κ2) is 8.27. The number of sulfonamides is 2. The summed E-state index contributed by atoms with van der Waals surface area (Å²) in [7, 11) is -6.42. The van der Waals surface area contributed by atoms with Gasteiger partial charge in [0.2, 0.25) is 26.8 Å². The zero-order chi connectivity index (χ0) is 21.2. The molecule has 158 valence electrons. The van der Waals surface area contributed by atoms with E-state index in [9.17, 15) is 21.2 Å². The molecule has 0 unspecified atom stereocenters. The molecule has 3 rings (SSSR count). The van der Waals surface area contributed by atoms with Gasteiger partial charge in [0, 0.05) is 19.6 Å². The summed E-state index contributed by atoms with van der Waals surface area (Å²) in [5, 5.41) is 0. The lowest BCUT2D eigenvalue weighted by molar-refractivity contribution is 0.174. The minimum atomic E-state index is -3.92. The minimum absolute atomic E-state index is 0.111. The van der Waals surface area contributed by atoms with Crippen LogP contribution in [0.25, 0.3) is 0 Å². The van der Waals surface area contributed by atoms with Crippen molar-refractivity contribution in [1.82, 2.24) is 9.03 Å². The highest BCUT2D eigenvalue weighted by Gasteiger charge is 2.24. The molecule has 1 N–H and O–H groups in total. The fourth-order valence-electron chi connectivity index (χ4n) is 2.73. The van der Waals surface area contributed by atoms with Gasteiger partial charge in [-0.15, -0.1) is 0 Å². The molecular formula is C18H21FN2O6S2. The highest BCUT2D eigenvalue weighted by molar-refractivity contribution is 7.90. The van der Waals surface area contributed by atoms with Gasteiger partial charge in [-0.1, -0.05) is 6.07 Å². The third-order valence-electron chi connectivity index (χ3n) is 4.45. The molecule has 2 aromatic rings. The summed E-state index contributed by atoms with van der Waals surface area (Å²) >= 11 is 0. The molecule has 0 aliphatic carbocycles. The Hall–Kier alpha value is -2.21. The van der Waals surface area contributed by atoms with Crippen molar-refractivity contribution in [3.63, 3.8) is 0 Å². The van der Waals surface area contributed by atoms with Crippen molar-refractivity contribution in [2.24, 2.45) is 0 Å². The third kappa shape index (κ3) is 5.04. The topological polar surface area (TPSA) is 102 Å². The second-order valence-electron chi connectivity index (χ2n) is 6.55. The maximum absolute atomic E-state index is 13.0. The number of hydrogen-bond donors (Lipinski definition) is 1. The Morgan fingerprint density at radius 3 is 2.41 bits per heavy atom. The van der Waals surface area contributed by atoms with Crippen LogP contribution in [0, 0.1) is 5.82 Å². The Labute approximate surface area is 169 Å². The van der Waals surface area contributed by atoms with Gasteiger partial charge in [-0.3, -0.25) is 0 Å². The molecule has 0 fully saturated rings. The first kappa shape index (κ1) is 21.5. The quantitative estimate of drug-likeness (QED) is 0.667. The van der Waals surface area contributed by atoms with E-state index >= 15 is 0 Å². The minimum Gasteiger partial charge on any atom is -0.454 e. The average molecular weight is 445 g/mol. The largest absolute Gasteiger partial charge is 0.454 e. The molecule has 0 radical (unpaired) electrons. The van der Waals surface area contributed by atoms with Crippen molar-refractivity contribution in [2.45, 2.75) is 17.9 Å². The van der Waals surface area contributed by atoms with Gasteiger partial charge in [-0.2, -0.15) is 4.31 Å². The number of nitrogens with one attached hydrogen (secondary N) is 1. The van der Waals surface area contributed by atoms with Gasteiger partial charge in [0.25, 0.3) is 0 Å². The Morgan fingerprint density at radius 1 is 1.07 bits per heavy atom. The molecule has 1 aliphatic heterocycles. The van der Waals surface area contributed by atoms with Crippen molar-refractivity contribution in [1.29, 1.82) is 0 Å². The predicted octanol–water partition coefficient (Wildman–Crippen LogP) is 1.86. The molecular weight excluding hydrogens is 423 g/mol. The fraction of sp³-hybridized carbons (Fsp3) is 0.333. The first-order chi connectivity index (χ1) is 13.6. The molecule has 0 bridgehead atoms. The van der Waals surface area contributed by atoms with E-state index in [-0.39, 0.29) is 18.2 Å². The number of rotatable bonds is 8. The van der Waals surface area contributed by atoms with Crippen LogP contribution in [0.5, 0.6) is 11.5 Å². The van der Waals surface area contributed by atoms with Crippen LogP contribution in [0.1, 0.15) is 18.5 Å². The Kier molecular flexibility index (Phi) is 6.13. The number of nitrogens with zero attached hydrogens (tertiary/aromatic N) is 1. The molecule has 11 heteroatoms. The first-order valence-corrected chi connectivity index (χ1v) is 11.8. The second-order valence-corrected chi connectivity index (χ2v) is 10.5. The van der Waals surface area contributed by atoms with E-state index in [2.05, 4.69) is 4.72 Å². The number of fused-ring (bicyclic) bond motifs is 1. The standard InChI is InChI=1S/C18H21FN2O6S2/c1-13(14-3-8-17-18(11-14)27-12-26-17)20-28(22,23)10-9-21(2)29(24,25)16-6-4-15(19)5-7-16/h3-8,11,13,20H,9-10,12H2,1-2H3/t13-/m0/s1. The van der Waals surface area contributed by atoms with Crippen LogP contribution in [-0.4, -0.2) is 47.3 Å².